The van der Waals surface area contributed by atoms with E-state index in [9.17, 15) is 13.9 Å². The Balaban J connectivity index is 2.59. The molecule has 0 saturated carbocycles. The lowest BCUT2D eigenvalue weighted by Gasteiger charge is -2.27. The molecule has 0 radical (unpaired) electrons. The third kappa shape index (κ3) is 2.49. The van der Waals surface area contributed by atoms with Crippen molar-refractivity contribution in [1.82, 2.24) is 4.98 Å². The van der Waals surface area contributed by atoms with Crippen molar-refractivity contribution < 1.29 is 13.9 Å². The van der Waals surface area contributed by atoms with Gasteiger partial charge in [-0.3, -0.25) is 4.98 Å². The number of aryl methyl sites for hydroxylation is 1. The van der Waals surface area contributed by atoms with Gasteiger partial charge in [-0.25, -0.2) is 8.78 Å². The monoisotopic (exact) mass is 263 g/mol. The molecule has 19 heavy (non-hydrogen) atoms. The van der Waals surface area contributed by atoms with Crippen molar-refractivity contribution in [3.63, 3.8) is 0 Å². The zero-order chi connectivity index (χ0) is 14.0. The molecule has 0 aliphatic carbocycles. The van der Waals surface area contributed by atoms with E-state index < -0.39 is 17.2 Å². The molecule has 2 rings (SSSR count). The summed E-state index contributed by atoms with van der Waals surface area (Å²) in [6.45, 7) is 3.55. The number of rotatable bonds is 3. The minimum atomic E-state index is -1.55. The van der Waals surface area contributed by atoms with Gasteiger partial charge in [0.2, 0.25) is 0 Å². The van der Waals surface area contributed by atoms with Gasteiger partial charge >= 0.3 is 0 Å². The quantitative estimate of drug-likeness (QED) is 0.921. The zero-order valence-electron chi connectivity index (χ0n) is 10.8. The van der Waals surface area contributed by atoms with Crippen LogP contribution in [0.4, 0.5) is 8.78 Å². The molecule has 2 aromatic rings. The molecular weight excluding hydrogens is 248 g/mol. The fourth-order valence-corrected chi connectivity index (χ4v) is 2.09. The van der Waals surface area contributed by atoms with E-state index in [1.54, 1.807) is 19.1 Å². The third-order valence-electron chi connectivity index (χ3n) is 3.23. The number of hydrogen-bond acceptors (Lipinski definition) is 2. The normalized spacial score (nSPS) is 14.2. The number of aliphatic hydroxyl groups is 1. The first kappa shape index (κ1) is 13.6. The number of halogens is 2. The first-order valence-electron chi connectivity index (χ1n) is 6.08. The zero-order valence-corrected chi connectivity index (χ0v) is 10.8. The summed E-state index contributed by atoms with van der Waals surface area (Å²) in [5.74, 6) is -0.993. The average Bonchev–Trinajstić information content (AvgIpc) is 2.41. The van der Waals surface area contributed by atoms with Crippen LogP contribution in [0.2, 0.25) is 0 Å². The maximum absolute atomic E-state index is 14.0. The van der Waals surface area contributed by atoms with Crippen molar-refractivity contribution in [3.8, 4) is 0 Å². The van der Waals surface area contributed by atoms with E-state index in [4.69, 9.17) is 0 Å². The summed E-state index contributed by atoms with van der Waals surface area (Å²) in [6, 6.07) is 7.11. The summed E-state index contributed by atoms with van der Waals surface area (Å²) in [5.41, 5.74) is -0.315. The lowest BCUT2D eigenvalue weighted by atomic mass is 9.86. The summed E-state index contributed by atoms with van der Waals surface area (Å²) >= 11 is 0. The van der Waals surface area contributed by atoms with E-state index in [0.717, 1.165) is 11.8 Å². The highest BCUT2D eigenvalue weighted by atomic mass is 19.1. The average molecular weight is 263 g/mol. The summed E-state index contributed by atoms with van der Waals surface area (Å²) in [4.78, 5) is 3.88. The third-order valence-corrected chi connectivity index (χ3v) is 3.23. The number of aromatic nitrogens is 1. The standard InChI is InChI=1S/C15H15F2NO/c1-3-15(19,14-7-5-11(16)9-18-14)12-8-10(2)4-6-13(12)17/h4-9,19H,3H2,1-2H3. The summed E-state index contributed by atoms with van der Waals surface area (Å²) in [5, 5.41) is 10.7. The van der Waals surface area contributed by atoms with Gasteiger partial charge in [0.1, 0.15) is 17.2 Å². The molecule has 0 saturated heterocycles. The minimum Gasteiger partial charge on any atom is -0.379 e. The molecule has 1 atom stereocenters. The molecule has 2 nitrogen and oxygen atoms in total. The van der Waals surface area contributed by atoms with Crippen LogP contribution in [0.5, 0.6) is 0 Å². The van der Waals surface area contributed by atoms with Crippen molar-refractivity contribution in [2.45, 2.75) is 25.9 Å². The Morgan fingerprint density at radius 2 is 1.95 bits per heavy atom. The van der Waals surface area contributed by atoms with Crippen molar-refractivity contribution >= 4 is 0 Å². The fraction of sp³-hybridized carbons (Fsp3) is 0.267. The second kappa shape index (κ2) is 5.05. The van der Waals surface area contributed by atoms with Gasteiger partial charge < -0.3 is 5.11 Å². The predicted octanol–water partition coefficient (Wildman–Crippen LogP) is 3.31. The van der Waals surface area contributed by atoms with Crippen molar-refractivity contribution in [1.29, 1.82) is 0 Å². The Labute approximate surface area is 110 Å². The second-order valence-corrected chi connectivity index (χ2v) is 4.56. The van der Waals surface area contributed by atoms with Crippen LogP contribution in [0.3, 0.4) is 0 Å². The van der Waals surface area contributed by atoms with Gasteiger partial charge in [0.25, 0.3) is 0 Å². The first-order chi connectivity index (χ1) is 8.97. The maximum Gasteiger partial charge on any atom is 0.141 e. The Morgan fingerprint density at radius 3 is 2.53 bits per heavy atom. The van der Waals surface area contributed by atoms with Crippen LogP contribution in [0.1, 0.15) is 30.2 Å². The van der Waals surface area contributed by atoms with E-state index in [-0.39, 0.29) is 17.7 Å². The maximum atomic E-state index is 14.0. The second-order valence-electron chi connectivity index (χ2n) is 4.56. The Hall–Kier alpha value is -1.81. The molecule has 1 unspecified atom stereocenters. The van der Waals surface area contributed by atoms with Crippen LogP contribution in [-0.2, 0) is 5.60 Å². The Morgan fingerprint density at radius 1 is 1.21 bits per heavy atom. The van der Waals surface area contributed by atoms with Crippen LogP contribution in [0.15, 0.2) is 36.5 Å². The van der Waals surface area contributed by atoms with Gasteiger partial charge in [0, 0.05) is 5.56 Å². The van der Waals surface area contributed by atoms with E-state index in [0.29, 0.717) is 0 Å². The van der Waals surface area contributed by atoms with Crippen molar-refractivity contribution in [2.75, 3.05) is 0 Å². The molecule has 0 bridgehead atoms. The molecule has 4 heteroatoms. The topological polar surface area (TPSA) is 33.1 Å². The van der Waals surface area contributed by atoms with Gasteiger partial charge in [-0.15, -0.1) is 0 Å². The SMILES string of the molecule is CCC(O)(c1ccc(F)cn1)c1cc(C)ccc1F. The van der Waals surface area contributed by atoms with Gasteiger partial charge in [-0.1, -0.05) is 18.6 Å². The number of hydrogen-bond donors (Lipinski definition) is 1. The van der Waals surface area contributed by atoms with Crippen molar-refractivity contribution in [2.24, 2.45) is 0 Å². The minimum absolute atomic E-state index is 0.161. The molecular formula is C15H15F2NO. The fourth-order valence-electron chi connectivity index (χ4n) is 2.09. The molecule has 0 spiro atoms. The molecule has 0 amide bonds. The largest absolute Gasteiger partial charge is 0.379 e. The lowest BCUT2D eigenvalue weighted by Crippen LogP contribution is -2.29. The lowest BCUT2D eigenvalue weighted by molar-refractivity contribution is 0.0678. The van der Waals surface area contributed by atoms with Gasteiger partial charge in [-0.05, 0) is 37.6 Å². The van der Waals surface area contributed by atoms with Crippen LogP contribution < -0.4 is 0 Å². The van der Waals surface area contributed by atoms with Crippen LogP contribution in [0.25, 0.3) is 0 Å². The molecule has 0 aliphatic heterocycles. The summed E-state index contributed by atoms with van der Waals surface area (Å²) in [7, 11) is 0. The van der Waals surface area contributed by atoms with E-state index >= 15 is 0 Å². The van der Waals surface area contributed by atoms with Gasteiger partial charge in [0.15, 0.2) is 0 Å². The Kier molecular flexibility index (Phi) is 3.62. The smallest absolute Gasteiger partial charge is 0.141 e. The summed E-state index contributed by atoms with van der Waals surface area (Å²) in [6.07, 6.45) is 1.26. The van der Waals surface area contributed by atoms with Crippen LogP contribution >= 0.6 is 0 Å². The van der Waals surface area contributed by atoms with E-state index in [2.05, 4.69) is 4.98 Å². The molecule has 1 N–H and O–H groups in total. The van der Waals surface area contributed by atoms with E-state index in [1.165, 1.54) is 18.2 Å². The van der Waals surface area contributed by atoms with Crippen LogP contribution in [0, 0.1) is 18.6 Å². The molecule has 0 fully saturated rings. The number of pyridine rings is 1. The molecule has 1 aromatic carbocycles. The molecule has 1 heterocycles. The number of nitrogens with zero attached hydrogens (tertiary/aromatic N) is 1. The Bertz CT molecular complexity index is 583. The van der Waals surface area contributed by atoms with Crippen molar-refractivity contribution in [3.05, 3.63) is 65.0 Å². The highest BCUT2D eigenvalue weighted by Gasteiger charge is 2.33. The first-order valence-corrected chi connectivity index (χ1v) is 6.08. The van der Waals surface area contributed by atoms with Crippen LogP contribution in [-0.4, -0.2) is 10.1 Å². The molecule has 100 valence electrons. The molecule has 0 aliphatic rings. The highest BCUT2D eigenvalue weighted by molar-refractivity contribution is 5.35. The predicted molar refractivity (Wildman–Crippen MR) is 68.6 cm³/mol. The summed E-state index contributed by atoms with van der Waals surface area (Å²) < 4.78 is 26.9. The highest BCUT2D eigenvalue weighted by Crippen LogP contribution is 2.33. The van der Waals surface area contributed by atoms with Gasteiger partial charge in [-0.2, -0.15) is 0 Å². The molecule has 1 aromatic heterocycles. The van der Waals surface area contributed by atoms with Gasteiger partial charge in [0.05, 0.1) is 11.9 Å². The number of benzene rings is 1. The van der Waals surface area contributed by atoms with E-state index in [1.807, 2.05) is 6.92 Å².